The standard InChI is InChI=1S/C16H15ClN2O/c17-13-8-6-12(7-9-13)16(10-11-16)15(20)19-18-14-4-2-1-3-5-14/h1-9,18H,10-11H2,(H,19,20). The molecule has 3 rings (SSSR count). The number of halogens is 1. The van der Waals surface area contributed by atoms with Crippen LogP contribution in [0.3, 0.4) is 0 Å². The Morgan fingerprint density at radius 3 is 2.25 bits per heavy atom. The summed E-state index contributed by atoms with van der Waals surface area (Å²) in [6.45, 7) is 0. The van der Waals surface area contributed by atoms with E-state index in [4.69, 9.17) is 11.6 Å². The first-order valence-electron chi connectivity index (χ1n) is 6.58. The van der Waals surface area contributed by atoms with Gasteiger partial charge >= 0.3 is 0 Å². The van der Waals surface area contributed by atoms with Crippen molar-refractivity contribution in [2.24, 2.45) is 0 Å². The van der Waals surface area contributed by atoms with Crippen LogP contribution in [0.2, 0.25) is 5.02 Å². The molecule has 2 N–H and O–H groups in total. The van der Waals surface area contributed by atoms with E-state index < -0.39 is 5.41 Å². The molecular formula is C16H15ClN2O. The average Bonchev–Trinajstić information content (AvgIpc) is 3.28. The van der Waals surface area contributed by atoms with E-state index in [1.807, 2.05) is 54.6 Å². The van der Waals surface area contributed by atoms with Gasteiger partial charge in [-0.1, -0.05) is 41.9 Å². The number of hydrogen-bond donors (Lipinski definition) is 2. The van der Waals surface area contributed by atoms with Crippen LogP contribution in [0.15, 0.2) is 54.6 Å². The number of hydrogen-bond acceptors (Lipinski definition) is 2. The summed E-state index contributed by atoms with van der Waals surface area (Å²) >= 11 is 5.89. The topological polar surface area (TPSA) is 41.1 Å². The van der Waals surface area contributed by atoms with Gasteiger partial charge in [-0.2, -0.15) is 0 Å². The highest BCUT2D eigenvalue weighted by Crippen LogP contribution is 2.48. The zero-order valence-electron chi connectivity index (χ0n) is 10.9. The molecule has 4 heteroatoms. The van der Waals surface area contributed by atoms with Crippen LogP contribution < -0.4 is 10.9 Å². The van der Waals surface area contributed by atoms with Crippen LogP contribution in [0.1, 0.15) is 18.4 Å². The molecule has 0 radical (unpaired) electrons. The van der Waals surface area contributed by atoms with Crippen LogP contribution in [0.25, 0.3) is 0 Å². The summed E-state index contributed by atoms with van der Waals surface area (Å²) in [5, 5.41) is 0.687. The van der Waals surface area contributed by atoms with Gasteiger partial charge in [0, 0.05) is 5.02 Å². The molecule has 2 aromatic carbocycles. The highest BCUT2D eigenvalue weighted by atomic mass is 35.5. The third kappa shape index (κ3) is 2.49. The highest BCUT2D eigenvalue weighted by molar-refractivity contribution is 6.30. The van der Waals surface area contributed by atoms with Gasteiger partial charge in [-0.3, -0.25) is 15.6 Å². The van der Waals surface area contributed by atoms with E-state index in [0.717, 1.165) is 24.1 Å². The van der Waals surface area contributed by atoms with E-state index in [0.29, 0.717) is 5.02 Å². The molecule has 0 saturated heterocycles. The van der Waals surface area contributed by atoms with Crippen molar-refractivity contribution in [1.29, 1.82) is 0 Å². The Bertz CT molecular complexity index is 606. The molecule has 0 heterocycles. The van der Waals surface area contributed by atoms with Crippen molar-refractivity contribution in [3.05, 3.63) is 65.2 Å². The Morgan fingerprint density at radius 1 is 1.00 bits per heavy atom. The van der Waals surface area contributed by atoms with E-state index in [9.17, 15) is 4.79 Å². The molecule has 0 aliphatic heterocycles. The van der Waals surface area contributed by atoms with E-state index in [1.54, 1.807) is 0 Å². The number of benzene rings is 2. The zero-order valence-corrected chi connectivity index (χ0v) is 11.7. The maximum absolute atomic E-state index is 12.4. The summed E-state index contributed by atoms with van der Waals surface area (Å²) in [6.07, 6.45) is 1.74. The van der Waals surface area contributed by atoms with Crippen molar-refractivity contribution in [1.82, 2.24) is 5.43 Å². The maximum atomic E-state index is 12.4. The summed E-state index contributed by atoms with van der Waals surface area (Å²) in [4.78, 5) is 12.4. The smallest absolute Gasteiger partial charge is 0.248 e. The van der Waals surface area contributed by atoms with Gasteiger partial charge in [0.2, 0.25) is 5.91 Å². The summed E-state index contributed by atoms with van der Waals surface area (Å²) in [6, 6.07) is 17.1. The molecule has 1 fully saturated rings. The monoisotopic (exact) mass is 286 g/mol. The van der Waals surface area contributed by atoms with Crippen LogP contribution in [0.5, 0.6) is 0 Å². The molecule has 102 valence electrons. The van der Waals surface area contributed by atoms with E-state index >= 15 is 0 Å². The molecule has 0 unspecified atom stereocenters. The Hall–Kier alpha value is -2.00. The van der Waals surface area contributed by atoms with Crippen LogP contribution in [0, 0.1) is 0 Å². The first kappa shape index (κ1) is 13.0. The van der Waals surface area contributed by atoms with Gasteiger partial charge in [-0.15, -0.1) is 0 Å². The molecule has 1 aliphatic carbocycles. The lowest BCUT2D eigenvalue weighted by Crippen LogP contribution is -2.38. The van der Waals surface area contributed by atoms with Gasteiger partial charge in [-0.05, 0) is 42.7 Å². The van der Waals surface area contributed by atoms with E-state index in [2.05, 4.69) is 10.9 Å². The lowest BCUT2D eigenvalue weighted by atomic mass is 9.95. The van der Waals surface area contributed by atoms with Crippen LogP contribution in [-0.4, -0.2) is 5.91 Å². The summed E-state index contributed by atoms with van der Waals surface area (Å²) in [7, 11) is 0. The van der Waals surface area contributed by atoms with Gasteiger partial charge < -0.3 is 0 Å². The fourth-order valence-electron chi connectivity index (χ4n) is 2.31. The normalized spacial score (nSPS) is 15.4. The number of carbonyl (C=O) groups excluding carboxylic acids is 1. The third-order valence-corrected chi connectivity index (χ3v) is 3.93. The molecule has 0 aromatic heterocycles. The number of rotatable bonds is 4. The molecular weight excluding hydrogens is 272 g/mol. The Balaban J connectivity index is 1.69. The molecule has 2 aromatic rings. The first-order chi connectivity index (χ1) is 9.71. The third-order valence-electron chi connectivity index (χ3n) is 3.68. The van der Waals surface area contributed by atoms with Crippen molar-refractivity contribution < 1.29 is 4.79 Å². The van der Waals surface area contributed by atoms with Gasteiger partial charge in [0.05, 0.1) is 11.1 Å². The van der Waals surface area contributed by atoms with Crippen LogP contribution in [0.4, 0.5) is 5.69 Å². The Kier molecular flexibility index (Phi) is 3.36. The minimum Gasteiger partial charge on any atom is -0.299 e. The van der Waals surface area contributed by atoms with Crippen molar-refractivity contribution in [3.63, 3.8) is 0 Å². The lowest BCUT2D eigenvalue weighted by Gasteiger charge is -2.17. The molecule has 0 atom stereocenters. The summed E-state index contributed by atoms with van der Waals surface area (Å²) < 4.78 is 0. The lowest BCUT2D eigenvalue weighted by molar-refractivity contribution is -0.123. The number of hydrazine groups is 1. The number of nitrogens with one attached hydrogen (secondary N) is 2. The largest absolute Gasteiger partial charge is 0.299 e. The van der Waals surface area contributed by atoms with E-state index in [1.165, 1.54) is 0 Å². The SMILES string of the molecule is O=C(NNc1ccccc1)C1(c2ccc(Cl)cc2)CC1. The second-order valence-corrected chi connectivity index (χ2v) is 5.47. The fraction of sp³-hybridized carbons (Fsp3) is 0.188. The molecule has 1 saturated carbocycles. The molecule has 20 heavy (non-hydrogen) atoms. The number of para-hydroxylation sites is 1. The Labute approximate surface area is 122 Å². The minimum absolute atomic E-state index is 0.00340. The van der Waals surface area contributed by atoms with Crippen molar-refractivity contribution >= 4 is 23.2 Å². The van der Waals surface area contributed by atoms with Gasteiger partial charge in [0.15, 0.2) is 0 Å². The van der Waals surface area contributed by atoms with Crippen LogP contribution >= 0.6 is 11.6 Å². The van der Waals surface area contributed by atoms with Gasteiger partial charge in [-0.25, -0.2) is 0 Å². The fourth-order valence-corrected chi connectivity index (χ4v) is 2.44. The second-order valence-electron chi connectivity index (χ2n) is 5.03. The molecule has 0 bridgehead atoms. The highest BCUT2D eigenvalue weighted by Gasteiger charge is 2.51. The van der Waals surface area contributed by atoms with Crippen molar-refractivity contribution in [2.45, 2.75) is 18.3 Å². The number of carbonyl (C=O) groups is 1. The zero-order chi connectivity index (χ0) is 14.0. The minimum atomic E-state index is -0.396. The average molecular weight is 287 g/mol. The second kappa shape index (κ2) is 5.17. The predicted molar refractivity (Wildman–Crippen MR) is 80.6 cm³/mol. The summed E-state index contributed by atoms with van der Waals surface area (Å²) in [5.41, 5.74) is 7.23. The maximum Gasteiger partial charge on any atom is 0.248 e. The quantitative estimate of drug-likeness (QED) is 0.845. The molecule has 0 spiro atoms. The Morgan fingerprint density at radius 2 is 1.65 bits per heavy atom. The predicted octanol–water partition coefficient (Wildman–Crippen LogP) is 3.51. The van der Waals surface area contributed by atoms with Crippen LogP contribution in [-0.2, 0) is 10.2 Å². The molecule has 1 aliphatic rings. The first-order valence-corrected chi connectivity index (χ1v) is 6.96. The van der Waals surface area contributed by atoms with Gasteiger partial charge in [0.1, 0.15) is 0 Å². The number of anilines is 1. The van der Waals surface area contributed by atoms with Crippen molar-refractivity contribution in [3.8, 4) is 0 Å². The molecule has 3 nitrogen and oxygen atoms in total. The summed E-state index contributed by atoms with van der Waals surface area (Å²) in [5.74, 6) is 0.00340. The van der Waals surface area contributed by atoms with E-state index in [-0.39, 0.29) is 5.91 Å². The van der Waals surface area contributed by atoms with Crippen molar-refractivity contribution in [2.75, 3.05) is 5.43 Å². The van der Waals surface area contributed by atoms with Gasteiger partial charge in [0.25, 0.3) is 0 Å². The molecule has 1 amide bonds. The number of amides is 1.